The third kappa shape index (κ3) is 3.74. The van der Waals surface area contributed by atoms with Crippen molar-refractivity contribution >= 4 is 28.3 Å². The molecule has 2 aliphatic heterocycles. The highest BCUT2D eigenvalue weighted by atomic mass is 35.5. The summed E-state index contributed by atoms with van der Waals surface area (Å²) in [4.78, 5) is 12.2. The van der Waals surface area contributed by atoms with Crippen LogP contribution in [-0.4, -0.2) is 51.9 Å². The lowest BCUT2D eigenvalue weighted by molar-refractivity contribution is 0.0945. The Hall–Kier alpha value is -1.15. The van der Waals surface area contributed by atoms with Gasteiger partial charge in [0.05, 0.1) is 4.90 Å². The van der Waals surface area contributed by atoms with Crippen LogP contribution >= 0.6 is 12.4 Å². The Kier molecular flexibility index (Phi) is 6.25. The third-order valence-corrected chi connectivity index (χ3v) is 6.48. The fourth-order valence-electron chi connectivity index (χ4n) is 3.40. The zero-order valence-electron chi connectivity index (χ0n) is 13.7. The van der Waals surface area contributed by atoms with Gasteiger partial charge in [0.15, 0.2) is 0 Å². The summed E-state index contributed by atoms with van der Waals surface area (Å²) in [7, 11) is -1.66. The summed E-state index contributed by atoms with van der Waals surface area (Å²) in [6.07, 6.45) is 2.66. The van der Waals surface area contributed by atoms with Crippen LogP contribution in [0.2, 0.25) is 0 Å². The van der Waals surface area contributed by atoms with E-state index in [4.69, 9.17) is 0 Å². The summed E-state index contributed by atoms with van der Waals surface area (Å²) >= 11 is 0. The van der Waals surface area contributed by atoms with Gasteiger partial charge in [0, 0.05) is 25.2 Å². The second-order valence-corrected chi connectivity index (χ2v) is 8.19. The van der Waals surface area contributed by atoms with Crippen molar-refractivity contribution in [1.82, 2.24) is 14.9 Å². The van der Waals surface area contributed by atoms with Gasteiger partial charge < -0.3 is 10.6 Å². The highest BCUT2D eigenvalue weighted by Crippen LogP contribution is 2.26. The minimum atomic E-state index is -3.54. The maximum absolute atomic E-state index is 12.9. The van der Waals surface area contributed by atoms with E-state index in [0.717, 1.165) is 31.4 Å². The molecule has 6 nitrogen and oxygen atoms in total. The normalized spacial score (nSPS) is 21.5. The molecule has 8 heteroatoms. The number of carbonyl (C=O) groups excluding carboxylic acids is 1. The number of sulfonamides is 1. The van der Waals surface area contributed by atoms with E-state index in [1.165, 1.54) is 6.07 Å². The molecule has 0 radical (unpaired) electrons. The van der Waals surface area contributed by atoms with E-state index in [-0.39, 0.29) is 23.2 Å². The van der Waals surface area contributed by atoms with Gasteiger partial charge in [0.1, 0.15) is 0 Å². The smallest absolute Gasteiger partial charge is 0.251 e. The standard InChI is InChI=1S/C16H23N3O3S.ClH/c1-17-10-12-3-2-8-19(11-12)23(21,22)14-5-4-13-6-7-18-16(20)15(13)9-14;/h4-5,9,12,17H,2-3,6-8,10-11H2,1H3,(H,18,20);1H. The SMILES string of the molecule is CNCC1CCCN(S(=O)(=O)c2ccc3c(c2)C(=O)NCC3)C1.Cl. The summed E-state index contributed by atoms with van der Waals surface area (Å²) in [5.41, 5.74) is 1.40. The van der Waals surface area contributed by atoms with Gasteiger partial charge in [-0.15, -0.1) is 12.4 Å². The maximum Gasteiger partial charge on any atom is 0.251 e. The van der Waals surface area contributed by atoms with Crippen molar-refractivity contribution in [1.29, 1.82) is 0 Å². The first-order chi connectivity index (χ1) is 11.0. The first-order valence-electron chi connectivity index (χ1n) is 8.08. The Morgan fingerprint density at radius 1 is 1.38 bits per heavy atom. The van der Waals surface area contributed by atoms with Crippen molar-refractivity contribution in [2.24, 2.45) is 5.92 Å². The summed E-state index contributed by atoms with van der Waals surface area (Å²) in [6, 6.07) is 4.94. The molecule has 2 N–H and O–H groups in total. The van der Waals surface area contributed by atoms with E-state index in [1.807, 2.05) is 7.05 Å². The zero-order chi connectivity index (χ0) is 16.4. The average Bonchev–Trinajstić information content (AvgIpc) is 2.55. The van der Waals surface area contributed by atoms with Gasteiger partial charge in [0.2, 0.25) is 10.0 Å². The van der Waals surface area contributed by atoms with E-state index in [2.05, 4.69) is 10.6 Å². The molecule has 1 aromatic rings. The number of benzene rings is 1. The van der Waals surface area contributed by atoms with Crippen LogP contribution < -0.4 is 10.6 Å². The molecule has 24 heavy (non-hydrogen) atoms. The molecule has 1 atom stereocenters. The number of fused-ring (bicyclic) bond motifs is 1. The topological polar surface area (TPSA) is 78.5 Å². The van der Waals surface area contributed by atoms with Crippen molar-refractivity contribution in [2.45, 2.75) is 24.2 Å². The molecule has 1 unspecified atom stereocenters. The summed E-state index contributed by atoms with van der Waals surface area (Å²) < 4.78 is 27.4. The van der Waals surface area contributed by atoms with E-state index in [0.29, 0.717) is 31.1 Å². The summed E-state index contributed by atoms with van der Waals surface area (Å²) in [6.45, 7) is 2.51. The van der Waals surface area contributed by atoms with Gasteiger partial charge in [-0.3, -0.25) is 4.79 Å². The van der Waals surface area contributed by atoms with Crippen molar-refractivity contribution in [3.8, 4) is 0 Å². The molecule has 1 fully saturated rings. The second-order valence-electron chi connectivity index (χ2n) is 6.25. The maximum atomic E-state index is 12.9. The first kappa shape index (κ1) is 19.2. The Balaban J connectivity index is 0.00000208. The lowest BCUT2D eigenvalue weighted by atomic mass is 10.00. The lowest BCUT2D eigenvalue weighted by Crippen LogP contribution is -2.42. The molecular weight excluding hydrogens is 350 g/mol. The highest BCUT2D eigenvalue weighted by Gasteiger charge is 2.31. The fraction of sp³-hybridized carbons (Fsp3) is 0.562. The minimum absolute atomic E-state index is 0. The van der Waals surface area contributed by atoms with E-state index in [1.54, 1.807) is 16.4 Å². The Bertz CT molecular complexity index is 707. The highest BCUT2D eigenvalue weighted by molar-refractivity contribution is 7.89. The van der Waals surface area contributed by atoms with Crippen LogP contribution in [0.25, 0.3) is 0 Å². The van der Waals surface area contributed by atoms with Gasteiger partial charge in [0.25, 0.3) is 5.91 Å². The van der Waals surface area contributed by atoms with E-state index >= 15 is 0 Å². The molecule has 1 aromatic carbocycles. The van der Waals surface area contributed by atoms with Gasteiger partial charge >= 0.3 is 0 Å². The average molecular weight is 374 g/mol. The van der Waals surface area contributed by atoms with Crippen LogP contribution in [0.15, 0.2) is 23.1 Å². The van der Waals surface area contributed by atoms with E-state index < -0.39 is 10.0 Å². The number of piperidine rings is 1. The molecular formula is C16H24ClN3O3S. The molecule has 1 saturated heterocycles. The molecule has 2 aliphatic rings. The van der Waals surface area contributed by atoms with Gasteiger partial charge in [-0.25, -0.2) is 8.42 Å². The third-order valence-electron chi connectivity index (χ3n) is 4.62. The first-order valence-corrected chi connectivity index (χ1v) is 9.52. The number of nitrogens with one attached hydrogen (secondary N) is 2. The number of hydrogen-bond acceptors (Lipinski definition) is 4. The summed E-state index contributed by atoms with van der Waals surface area (Å²) in [5.74, 6) is 0.152. The predicted molar refractivity (Wildman–Crippen MR) is 95.1 cm³/mol. The number of halogens is 1. The summed E-state index contributed by atoms with van der Waals surface area (Å²) in [5, 5.41) is 5.89. The van der Waals surface area contributed by atoms with Crippen molar-refractivity contribution < 1.29 is 13.2 Å². The Morgan fingerprint density at radius 2 is 2.17 bits per heavy atom. The van der Waals surface area contributed by atoms with Crippen molar-refractivity contribution in [3.63, 3.8) is 0 Å². The van der Waals surface area contributed by atoms with Crippen LogP contribution in [0.3, 0.4) is 0 Å². The van der Waals surface area contributed by atoms with Crippen LogP contribution in [-0.2, 0) is 16.4 Å². The number of rotatable bonds is 4. The number of nitrogens with zero attached hydrogens (tertiary/aromatic N) is 1. The van der Waals surface area contributed by atoms with Crippen molar-refractivity contribution in [3.05, 3.63) is 29.3 Å². The predicted octanol–water partition coefficient (Wildman–Crippen LogP) is 1.01. The number of carbonyl (C=O) groups is 1. The zero-order valence-corrected chi connectivity index (χ0v) is 15.4. The molecule has 0 bridgehead atoms. The molecule has 0 saturated carbocycles. The van der Waals surface area contributed by atoms with Crippen LogP contribution in [0, 0.1) is 5.92 Å². The second kappa shape index (κ2) is 7.82. The minimum Gasteiger partial charge on any atom is -0.352 e. The van der Waals surface area contributed by atoms with Gasteiger partial charge in [-0.2, -0.15) is 4.31 Å². The molecule has 2 heterocycles. The molecule has 1 amide bonds. The number of amides is 1. The van der Waals surface area contributed by atoms with Crippen molar-refractivity contribution in [2.75, 3.05) is 33.2 Å². The number of hydrogen-bond donors (Lipinski definition) is 2. The monoisotopic (exact) mass is 373 g/mol. The van der Waals surface area contributed by atoms with Gasteiger partial charge in [-0.1, -0.05) is 6.07 Å². The molecule has 0 aliphatic carbocycles. The van der Waals surface area contributed by atoms with E-state index in [9.17, 15) is 13.2 Å². The lowest BCUT2D eigenvalue weighted by Gasteiger charge is -2.32. The van der Waals surface area contributed by atoms with Crippen LogP contribution in [0.5, 0.6) is 0 Å². The molecule has 0 spiro atoms. The Labute approximate surface area is 149 Å². The molecule has 0 aromatic heterocycles. The quantitative estimate of drug-likeness (QED) is 0.825. The van der Waals surface area contributed by atoms with Crippen LogP contribution in [0.1, 0.15) is 28.8 Å². The fourth-order valence-corrected chi connectivity index (χ4v) is 4.98. The largest absolute Gasteiger partial charge is 0.352 e. The molecule has 3 rings (SSSR count). The van der Waals surface area contributed by atoms with Crippen LogP contribution in [0.4, 0.5) is 0 Å². The van der Waals surface area contributed by atoms with Gasteiger partial charge in [-0.05, 0) is 56.5 Å². The molecule has 134 valence electrons. The Morgan fingerprint density at radius 3 is 2.92 bits per heavy atom.